The highest BCUT2D eigenvalue weighted by Gasteiger charge is 2.02. The van der Waals surface area contributed by atoms with E-state index in [-0.39, 0.29) is 19.6 Å². The molecule has 0 aliphatic rings. The van der Waals surface area contributed by atoms with Crippen LogP contribution in [-0.4, -0.2) is 18.6 Å². The Bertz CT molecular complexity index is 135. The Balaban J connectivity index is 3.30. The number of ether oxygens (including phenoxy) is 1. The Kier molecular flexibility index (Phi) is 4.23. The number of nitrogens with two attached hydrogens (primary N) is 2. The molecule has 0 saturated carbocycles. The standard InChI is InChI=1S/C5H10N2O3/c6-3-10-5(9)2-1-4(7)8/h1-3,6H2,(H2,7,8). The fourth-order valence-corrected chi connectivity index (χ4v) is 0.390. The van der Waals surface area contributed by atoms with E-state index >= 15 is 0 Å². The van der Waals surface area contributed by atoms with Crippen molar-refractivity contribution >= 4 is 11.9 Å². The first-order valence-corrected chi connectivity index (χ1v) is 2.81. The van der Waals surface area contributed by atoms with Crippen molar-refractivity contribution in [1.29, 1.82) is 0 Å². The lowest BCUT2D eigenvalue weighted by Crippen LogP contribution is -2.16. The number of rotatable bonds is 4. The van der Waals surface area contributed by atoms with Crippen molar-refractivity contribution in [3.05, 3.63) is 0 Å². The largest absolute Gasteiger partial charge is 0.450 e. The Morgan fingerprint density at radius 2 is 1.90 bits per heavy atom. The van der Waals surface area contributed by atoms with Gasteiger partial charge in [0.05, 0.1) is 6.42 Å². The quantitative estimate of drug-likeness (QED) is 0.381. The molecule has 0 aromatic heterocycles. The summed E-state index contributed by atoms with van der Waals surface area (Å²) in [4.78, 5) is 20.5. The van der Waals surface area contributed by atoms with Crippen LogP contribution in [0.25, 0.3) is 0 Å². The Morgan fingerprint density at radius 3 is 2.30 bits per heavy atom. The van der Waals surface area contributed by atoms with Gasteiger partial charge in [-0.1, -0.05) is 0 Å². The highest BCUT2D eigenvalue weighted by atomic mass is 16.5. The number of hydrogen-bond donors (Lipinski definition) is 2. The maximum absolute atomic E-state index is 10.4. The van der Waals surface area contributed by atoms with Gasteiger partial charge in [0.15, 0.2) is 0 Å². The monoisotopic (exact) mass is 146 g/mol. The Hall–Kier alpha value is -1.10. The molecule has 4 N–H and O–H groups in total. The highest BCUT2D eigenvalue weighted by Crippen LogP contribution is 1.89. The first kappa shape index (κ1) is 8.90. The zero-order chi connectivity index (χ0) is 7.98. The van der Waals surface area contributed by atoms with Crippen molar-refractivity contribution in [3.8, 4) is 0 Å². The zero-order valence-electron chi connectivity index (χ0n) is 5.50. The van der Waals surface area contributed by atoms with E-state index in [2.05, 4.69) is 4.74 Å². The minimum absolute atomic E-state index is 0.00648. The van der Waals surface area contributed by atoms with Gasteiger partial charge in [0.25, 0.3) is 0 Å². The fraction of sp³-hybridized carbons (Fsp3) is 0.600. The van der Waals surface area contributed by atoms with Gasteiger partial charge in [0, 0.05) is 6.42 Å². The van der Waals surface area contributed by atoms with Gasteiger partial charge in [-0.25, -0.2) is 0 Å². The van der Waals surface area contributed by atoms with Crippen molar-refractivity contribution < 1.29 is 14.3 Å². The number of hydrogen-bond acceptors (Lipinski definition) is 4. The number of carbonyl (C=O) groups excluding carboxylic acids is 2. The summed E-state index contributed by atoms with van der Waals surface area (Å²) < 4.78 is 4.32. The SMILES string of the molecule is NCOC(=O)CCC(N)=O. The fourth-order valence-electron chi connectivity index (χ4n) is 0.390. The van der Waals surface area contributed by atoms with Gasteiger partial charge in [-0.2, -0.15) is 0 Å². The van der Waals surface area contributed by atoms with Crippen LogP contribution in [0.3, 0.4) is 0 Å². The van der Waals surface area contributed by atoms with Crippen LogP contribution in [-0.2, 0) is 14.3 Å². The lowest BCUT2D eigenvalue weighted by molar-refractivity contribution is -0.144. The Labute approximate surface area is 58.3 Å². The molecule has 0 aromatic carbocycles. The molecule has 0 rings (SSSR count). The van der Waals surface area contributed by atoms with Gasteiger partial charge in [-0.15, -0.1) is 0 Å². The minimum atomic E-state index is -0.519. The third kappa shape index (κ3) is 5.04. The van der Waals surface area contributed by atoms with Crippen LogP contribution in [0, 0.1) is 0 Å². The average Bonchev–Trinajstić information content (AvgIpc) is 1.85. The molecule has 0 spiro atoms. The molecule has 5 heteroatoms. The number of esters is 1. The molecule has 0 aliphatic carbocycles. The van der Waals surface area contributed by atoms with Crippen molar-refractivity contribution in [1.82, 2.24) is 0 Å². The van der Waals surface area contributed by atoms with Crippen molar-refractivity contribution in [3.63, 3.8) is 0 Å². The van der Waals surface area contributed by atoms with Gasteiger partial charge < -0.3 is 10.5 Å². The zero-order valence-corrected chi connectivity index (χ0v) is 5.50. The van der Waals surface area contributed by atoms with E-state index in [1.54, 1.807) is 0 Å². The van der Waals surface area contributed by atoms with Crippen LogP contribution in [0.4, 0.5) is 0 Å². The molecule has 0 fully saturated rings. The summed E-state index contributed by atoms with van der Waals surface area (Å²) in [6.07, 6.45) is 0.0192. The summed E-state index contributed by atoms with van der Waals surface area (Å²) in [6.45, 7) is -0.155. The van der Waals surface area contributed by atoms with E-state index in [1.807, 2.05) is 0 Å². The van der Waals surface area contributed by atoms with E-state index in [0.29, 0.717) is 0 Å². The van der Waals surface area contributed by atoms with Crippen LogP contribution in [0.1, 0.15) is 12.8 Å². The van der Waals surface area contributed by atoms with Crippen LogP contribution in [0.15, 0.2) is 0 Å². The van der Waals surface area contributed by atoms with Gasteiger partial charge in [0.1, 0.15) is 6.73 Å². The van der Waals surface area contributed by atoms with Gasteiger partial charge in [-0.3, -0.25) is 15.3 Å². The Morgan fingerprint density at radius 1 is 1.30 bits per heavy atom. The summed E-state index contributed by atoms with van der Waals surface area (Å²) in [5.41, 5.74) is 9.64. The van der Waals surface area contributed by atoms with Gasteiger partial charge in [-0.05, 0) is 0 Å². The number of amides is 1. The molecule has 0 heterocycles. The van der Waals surface area contributed by atoms with E-state index in [4.69, 9.17) is 11.5 Å². The molecule has 1 amide bonds. The lowest BCUT2D eigenvalue weighted by atomic mass is 10.3. The molecular weight excluding hydrogens is 136 g/mol. The predicted molar refractivity (Wildman–Crippen MR) is 33.6 cm³/mol. The third-order valence-electron chi connectivity index (χ3n) is 0.820. The smallest absolute Gasteiger partial charge is 0.307 e. The summed E-state index contributed by atoms with van der Waals surface area (Å²) in [7, 11) is 0. The molecule has 0 saturated heterocycles. The normalized spacial score (nSPS) is 8.90. The average molecular weight is 146 g/mol. The first-order valence-electron chi connectivity index (χ1n) is 2.81. The molecule has 0 atom stereocenters. The van der Waals surface area contributed by atoms with Gasteiger partial charge in [0.2, 0.25) is 5.91 Å². The van der Waals surface area contributed by atoms with E-state index < -0.39 is 11.9 Å². The second kappa shape index (κ2) is 4.75. The molecule has 58 valence electrons. The predicted octanol–water partition coefficient (Wildman–Crippen LogP) is -1.29. The molecule has 0 unspecified atom stereocenters. The summed E-state index contributed by atoms with van der Waals surface area (Å²) in [5.74, 6) is -1.02. The summed E-state index contributed by atoms with van der Waals surface area (Å²) in [5, 5.41) is 0. The maximum Gasteiger partial charge on any atom is 0.307 e. The van der Waals surface area contributed by atoms with E-state index in [1.165, 1.54) is 0 Å². The molecule has 5 nitrogen and oxygen atoms in total. The van der Waals surface area contributed by atoms with E-state index in [9.17, 15) is 9.59 Å². The summed E-state index contributed by atoms with van der Waals surface area (Å²) >= 11 is 0. The van der Waals surface area contributed by atoms with Crippen molar-refractivity contribution in [2.45, 2.75) is 12.8 Å². The number of primary amides is 1. The van der Waals surface area contributed by atoms with Crippen LogP contribution in [0.5, 0.6) is 0 Å². The molecular formula is C5H10N2O3. The molecule has 0 aromatic rings. The topological polar surface area (TPSA) is 95.4 Å². The third-order valence-corrected chi connectivity index (χ3v) is 0.820. The highest BCUT2D eigenvalue weighted by molar-refractivity contribution is 5.79. The van der Waals surface area contributed by atoms with Crippen LogP contribution >= 0.6 is 0 Å². The molecule has 0 aliphatic heterocycles. The van der Waals surface area contributed by atoms with Crippen LogP contribution in [0.2, 0.25) is 0 Å². The lowest BCUT2D eigenvalue weighted by Gasteiger charge is -1.97. The van der Waals surface area contributed by atoms with Crippen molar-refractivity contribution in [2.24, 2.45) is 11.5 Å². The second-order valence-electron chi connectivity index (χ2n) is 1.65. The molecule has 0 radical (unpaired) electrons. The summed E-state index contributed by atoms with van der Waals surface area (Å²) in [6, 6.07) is 0. The minimum Gasteiger partial charge on any atom is -0.450 e. The van der Waals surface area contributed by atoms with Crippen molar-refractivity contribution in [2.75, 3.05) is 6.73 Å². The molecule has 10 heavy (non-hydrogen) atoms. The number of carbonyl (C=O) groups is 2. The molecule has 0 bridgehead atoms. The van der Waals surface area contributed by atoms with Gasteiger partial charge >= 0.3 is 5.97 Å². The van der Waals surface area contributed by atoms with Crippen LogP contribution < -0.4 is 11.5 Å². The maximum atomic E-state index is 10.4. The first-order chi connectivity index (χ1) is 4.66. The van der Waals surface area contributed by atoms with E-state index in [0.717, 1.165) is 0 Å². The second-order valence-corrected chi connectivity index (χ2v) is 1.65.